The highest BCUT2D eigenvalue weighted by Gasteiger charge is 2.19. The highest BCUT2D eigenvalue weighted by molar-refractivity contribution is 5.85. The molecule has 2 aromatic rings. The SMILES string of the molecule is Cc1cc(F)ccc1[C@H](N)[C@H](O)Cc1ccccc1.Cl. The van der Waals surface area contributed by atoms with Gasteiger partial charge in [-0.2, -0.15) is 0 Å². The minimum atomic E-state index is -0.688. The molecule has 0 saturated heterocycles. The van der Waals surface area contributed by atoms with Crippen LogP contribution in [0.25, 0.3) is 0 Å². The summed E-state index contributed by atoms with van der Waals surface area (Å²) in [5, 5.41) is 10.2. The van der Waals surface area contributed by atoms with Gasteiger partial charge in [-0.3, -0.25) is 0 Å². The van der Waals surface area contributed by atoms with Crippen molar-refractivity contribution in [2.75, 3.05) is 0 Å². The minimum absolute atomic E-state index is 0. The minimum Gasteiger partial charge on any atom is -0.391 e. The Hall–Kier alpha value is -1.42. The van der Waals surface area contributed by atoms with E-state index >= 15 is 0 Å². The van der Waals surface area contributed by atoms with Crippen molar-refractivity contribution in [3.8, 4) is 0 Å². The first-order chi connectivity index (χ1) is 9.08. The van der Waals surface area contributed by atoms with Crippen LogP contribution in [-0.4, -0.2) is 11.2 Å². The second-order valence-electron chi connectivity index (χ2n) is 4.78. The highest BCUT2D eigenvalue weighted by Crippen LogP contribution is 2.21. The first-order valence-corrected chi connectivity index (χ1v) is 6.31. The second kappa shape index (κ2) is 7.39. The fraction of sp³-hybridized carbons (Fsp3) is 0.250. The van der Waals surface area contributed by atoms with Crippen LogP contribution in [0.5, 0.6) is 0 Å². The third-order valence-electron chi connectivity index (χ3n) is 3.29. The van der Waals surface area contributed by atoms with E-state index in [0.717, 1.165) is 16.7 Å². The lowest BCUT2D eigenvalue weighted by Gasteiger charge is -2.21. The molecule has 0 fully saturated rings. The standard InChI is InChI=1S/C16H18FNO.ClH/c1-11-9-13(17)7-8-14(11)16(18)15(19)10-12-5-3-2-4-6-12;/h2-9,15-16,19H,10,18H2,1H3;1H/t15-,16+;/m1./s1. The molecular weight excluding hydrogens is 277 g/mol. The number of aliphatic hydroxyl groups excluding tert-OH is 1. The second-order valence-corrected chi connectivity index (χ2v) is 4.78. The van der Waals surface area contributed by atoms with Crippen molar-refractivity contribution in [3.63, 3.8) is 0 Å². The maximum absolute atomic E-state index is 13.1. The van der Waals surface area contributed by atoms with Crippen molar-refractivity contribution in [2.45, 2.75) is 25.5 Å². The van der Waals surface area contributed by atoms with Crippen LogP contribution in [0.2, 0.25) is 0 Å². The molecule has 0 heterocycles. The zero-order valence-corrected chi connectivity index (χ0v) is 12.1. The lowest BCUT2D eigenvalue weighted by molar-refractivity contribution is 0.145. The molecule has 0 unspecified atom stereocenters. The van der Waals surface area contributed by atoms with E-state index in [1.54, 1.807) is 13.0 Å². The molecule has 0 spiro atoms. The van der Waals surface area contributed by atoms with Crippen LogP contribution >= 0.6 is 12.4 Å². The van der Waals surface area contributed by atoms with Crippen LogP contribution in [0.3, 0.4) is 0 Å². The Balaban J connectivity index is 0.00000200. The van der Waals surface area contributed by atoms with Crippen molar-refractivity contribution in [1.82, 2.24) is 0 Å². The number of nitrogens with two attached hydrogens (primary N) is 1. The Morgan fingerprint density at radius 2 is 1.80 bits per heavy atom. The van der Waals surface area contributed by atoms with Gasteiger partial charge in [0.2, 0.25) is 0 Å². The molecule has 20 heavy (non-hydrogen) atoms. The Labute approximate surface area is 124 Å². The van der Waals surface area contributed by atoms with Crippen LogP contribution in [0.1, 0.15) is 22.7 Å². The summed E-state index contributed by atoms with van der Waals surface area (Å²) in [5.41, 5.74) is 8.64. The molecule has 2 rings (SSSR count). The van der Waals surface area contributed by atoms with Gasteiger partial charge in [-0.05, 0) is 35.7 Å². The van der Waals surface area contributed by atoms with E-state index in [2.05, 4.69) is 0 Å². The zero-order valence-electron chi connectivity index (χ0n) is 11.3. The van der Waals surface area contributed by atoms with Crippen molar-refractivity contribution in [3.05, 3.63) is 71.0 Å². The van der Waals surface area contributed by atoms with Gasteiger partial charge >= 0.3 is 0 Å². The summed E-state index contributed by atoms with van der Waals surface area (Å²) in [6, 6.07) is 13.6. The van der Waals surface area contributed by atoms with Crippen LogP contribution < -0.4 is 5.73 Å². The first-order valence-electron chi connectivity index (χ1n) is 6.31. The molecule has 0 aliphatic rings. The number of hydrogen-bond donors (Lipinski definition) is 2. The highest BCUT2D eigenvalue weighted by atomic mass is 35.5. The van der Waals surface area contributed by atoms with Gasteiger partial charge in [-0.25, -0.2) is 4.39 Å². The van der Waals surface area contributed by atoms with Gasteiger partial charge in [-0.1, -0.05) is 36.4 Å². The molecule has 0 amide bonds. The smallest absolute Gasteiger partial charge is 0.123 e. The number of rotatable bonds is 4. The predicted octanol–water partition coefficient (Wildman–Crippen LogP) is 3.16. The topological polar surface area (TPSA) is 46.2 Å². The maximum atomic E-state index is 13.1. The van der Waals surface area contributed by atoms with E-state index in [1.807, 2.05) is 30.3 Å². The van der Waals surface area contributed by atoms with Crippen molar-refractivity contribution < 1.29 is 9.50 Å². The van der Waals surface area contributed by atoms with E-state index in [-0.39, 0.29) is 18.2 Å². The van der Waals surface area contributed by atoms with Gasteiger partial charge in [0.15, 0.2) is 0 Å². The van der Waals surface area contributed by atoms with Crippen LogP contribution in [0, 0.1) is 12.7 Å². The number of benzene rings is 2. The summed E-state index contributed by atoms with van der Waals surface area (Å²) in [6.45, 7) is 1.80. The van der Waals surface area contributed by atoms with Gasteiger partial charge in [-0.15, -0.1) is 12.4 Å². The summed E-state index contributed by atoms with van der Waals surface area (Å²) in [4.78, 5) is 0. The van der Waals surface area contributed by atoms with Crippen molar-refractivity contribution >= 4 is 12.4 Å². The summed E-state index contributed by atoms with van der Waals surface area (Å²) >= 11 is 0. The van der Waals surface area contributed by atoms with Gasteiger partial charge in [0.25, 0.3) is 0 Å². The molecule has 4 heteroatoms. The normalized spacial score (nSPS) is 13.4. The number of aryl methyl sites for hydroxylation is 1. The Kier molecular flexibility index (Phi) is 6.14. The van der Waals surface area contributed by atoms with Crippen molar-refractivity contribution in [2.24, 2.45) is 5.73 Å². The largest absolute Gasteiger partial charge is 0.391 e. The number of halogens is 2. The third-order valence-corrected chi connectivity index (χ3v) is 3.29. The lowest BCUT2D eigenvalue weighted by Crippen LogP contribution is -2.28. The molecule has 0 bridgehead atoms. The Morgan fingerprint density at radius 1 is 1.15 bits per heavy atom. The van der Waals surface area contributed by atoms with Gasteiger partial charge in [0.1, 0.15) is 5.82 Å². The molecule has 0 aliphatic heterocycles. The van der Waals surface area contributed by atoms with Crippen LogP contribution in [-0.2, 0) is 6.42 Å². The molecule has 2 aromatic carbocycles. The molecule has 0 saturated carbocycles. The molecule has 0 radical (unpaired) electrons. The molecule has 2 atom stereocenters. The zero-order chi connectivity index (χ0) is 13.8. The number of hydrogen-bond acceptors (Lipinski definition) is 2. The number of aliphatic hydroxyl groups is 1. The predicted molar refractivity (Wildman–Crippen MR) is 81.5 cm³/mol. The third kappa shape index (κ3) is 4.04. The van der Waals surface area contributed by atoms with Gasteiger partial charge in [0, 0.05) is 6.42 Å². The van der Waals surface area contributed by atoms with Gasteiger partial charge in [0.05, 0.1) is 12.1 Å². The average Bonchev–Trinajstić information content (AvgIpc) is 2.39. The molecule has 108 valence electrons. The van der Waals surface area contributed by atoms with E-state index in [4.69, 9.17) is 5.73 Å². The van der Waals surface area contributed by atoms with E-state index in [0.29, 0.717) is 6.42 Å². The van der Waals surface area contributed by atoms with Crippen molar-refractivity contribution in [1.29, 1.82) is 0 Å². The fourth-order valence-electron chi connectivity index (χ4n) is 2.20. The lowest BCUT2D eigenvalue weighted by atomic mass is 9.94. The molecule has 0 aliphatic carbocycles. The summed E-state index contributed by atoms with van der Waals surface area (Å²) in [7, 11) is 0. The van der Waals surface area contributed by atoms with E-state index in [1.165, 1.54) is 12.1 Å². The monoisotopic (exact) mass is 295 g/mol. The molecule has 3 N–H and O–H groups in total. The molecule has 2 nitrogen and oxygen atoms in total. The summed E-state index contributed by atoms with van der Waals surface area (Å²) < 4.78 is 13.1. The first kappa shape index (κ1) is 16.6. The molecular formula is C16H19ClFNO. The van der Waals surface area contributed by atoms with Gasteiger partial charge < -0.3 is 10.8 Å². The van der Waals surface area contributed by atoms with Crippen LogP contribution in [0.15, 0.2) is 48.5 Å². The van der Waals surface area contributed by atoms with E-state index in [9.17, 15) is 9.50 Å². The Bertz CT molecular complexity index is 547. The van der Waals surface area contributed by atoms with E-state index < -0.39 is 12.1 Å². The summed E-state index contributed by atoms with van der Waals surface area (Å²) in [5.74, 6) is -0.286. The average molecular weight is 296 g/mol. The quantitative estimate of drug-likeness (QED) is 0.910. The Morgan fingerprint density at radius 3 is 2.40 bits per heavy atom. The fourth-order valence-corrected chi connectivity index (χ4v) is 2.20. The maximum Gasteiger partial charge on any atom is 0.123 e. The summed E-state index contributed by atoms with van der Waals surface area (Å²) in [6.07, 6.45) is -0.203. The van der Waals surface area contributed by atoms with Crippen LogP contribution in [0.4, 0.5) is 4.39 Å². The molecule has 0 aromatic heterocycles.